The summed E-state index contributed by atoms with van der Waals surface area (Å²) in [5, 5.41) is 3.41. The van der Waals surface area contributed by atoms with Gasteiger partial charge in [-0.1, -0.05) is 13.8 Å². The third-order valence-electron chi connectivity index (χ3n) is 5.24. The highest BCUT2D eigenvalue weighted by Crippen LogP contribution is 2.59. The first kappa shape index (κ1) is 13.7. The minimum Gasteiger partial charge on any atom is -0.342 e. The molecule has 2 aliphatic heterocycles. The fraction of sp³-hybridized carbons (Fsp3) is 0.933. The molecule has 3 fully saturated rings. The lowest BCUT2D eigenvalue weighted by Gasteiger charge is -2.26. The van der Waals surface area contributed by atoms with E-state index in [1.54, 1.807) is 0 Å². The molecule has 19 heavy (non-hydrogen) atoms. The third kappa shape index (κ3) is 2.80. The number of hydrogen-bond donors (Lipinski definition) is 1. The Morgan fingerprint density at radius 2 is 1.95 bits per heavy atom. The highest BCUT2D eigenvalue weighted by atomic mass is 32.2. The zero-order valence-electron chi connectivity index (χ0n) is 12.2. The van der Waals surface area contributed by atoms with E-state index >= 15 is 0 Å². The summed E-state index contributed by atoms with van der Waals surface area (Å²) in [4.78, 5) is 14.8. The summed E-state index contributed by atoms with van der Waals surface area (Å²) in [6.07, 6.45) is 4.69. The summed E-state index contributed by atoms with van der Waals surface area (Å²) in [5.74, 6) is 1.90. The average molecular weight is 282 g/mol. The molecule has 3 rings (SSSR count). The maximum atomic E-state index is 12.7. The van der Waals surface area contributed by atoms with Gasteiger partial charge in [0.2, 0.25) is 5.91 Å². The smallest absolute Gasteiger partial charge is 0.226 e. The van der Waals surface area contributed by atoms with E-state index in [0.29, 0.717) is 22.0 Å². The molecule has 108 valence electrons. The molecule has 3 aliphatic rings. The van der Waals surface area contributed by atoms with Crippen LogP contribution in [0.25, 0.3) is 0 Å². The SMILES string of the molecule is CC1(C)CCN(C(=O)C2CC23CCNCC3)CCS1. The first-order chi connectivity index (χ1) is 9.03. The molecule has 0 aromatic heterocycles. The van der Waals surface area contributed by atoms with Gasteiger partial charge in [-0.3, -0.25) is 4.79 Å². The highest BCUT2D eigenvalue weighted by molar-refractivity contribution is 8.00. The van der Waals surface area contributed by atoms with Crippen molar-refractivity contribution in [3.05, 3.63) is 0 Å². The van der Waals surface area contributed by atoms with E-state index in [1.807, 2.05) is 11.8 Å². The molecular formula is C15H26N2OS. The highest BCUT2D eigenvalue weighted by Gasteiger charge is 2.58. The van der Waals surface area contributed by atoms with Crippen molar-refractivity contribution in [3.63, 3.8) is 0 Å². The minimum absolute atomic E-state index is 0.338. The zero-order chi connectivity index (χ0) is 13.5. The largest absolute Gasteiger partial charge is 0.342 e. The quantitative estimate of drug-likeness (QED) is 0.799. The Labute approximate surface area is 120 Å². The maximum absolute atomic E-state index is 12.7. The van der Waals surface area contributed by atoms with E-state index in [1.165, 1.54) is 12.8 Å². The molecule has 2 heterocycles. The van der Waals surface area contributed by atoms with E-state index in [2.05, 4.69) is 24.1 Å². The number of thioether (sulfide) groups is 1. The van der Waals surface area contributed by atoms with Gasteiger partial charge >= 0.3 is 0 Å². The van der Waals surface area contributed by atoms with Crippen LogP contribution in [0.5, 0.6) is 0 Å². The Bertz CT molecular complexity index is 363. The van der Waals surface area contributed by atoms with Crippen LogP contribution in [0, 0.1) is 11.3 Å². The summed E-state index contributed by atoms with van der Waals surface area (Å²) in [5.41, 5.74) is 0.386. The molecule has 1 amide bonds. The summed E-state index contributed by atoms with van der Waals surface area (Å²) in [6.45, 7) is 8.73. The van der Waals surface area contributed by atoms with Crippen LogP contribution in [0.4, 0.5) is 0 Å². The van der Waals surface area contributed by atoms with Crippen molar-refractivity contribution >= 4 is 17.7 Å². The molecule has 1 atom stereocenters. The van der Waals surface area contributed by atoms with E-state index in [0.717, 1.165) is 44.8 Å². The third-order valence-corrected chi connectivity index (χ3v) is 6.61. The fourth-order valence-electron chi connectivity index (χ4n) is 3.64. The molecular weight excluding hydrogens is 256 g/mol. The van der Waals surface area contributed by atoms with Gasteiger partial charge in [0.1, 0.15) is 0 Å². The van der Waals surface area contributed by atoms with Gasteiger partial charge in [-0.05, 0) is 44.2 Å². The Kier molecular flexibility index (Phi) is 3.59. The second kappa shape index (κ2) is 4.96. The lowest BCUT2D eigenvalue weighted by atomic mass is 9.91. The number of nitrogens with one attached hydrogen (secondary N) is 1. The van der Waals surface area contributed by atoms with Gasteiger partial charge in [-0.15, -0.1) is 0 Å². The van der Waals surface area contributed by atoms with Crippen molar-refractivity contribution in [2.75, 3.05) is 31.9 Å². The van der Waals surface area contributed by atoms with E-state index < -0.39 is 0 Å². The van der Waals surface area contributed by atoms with E-state index in [-0.39, 0.29) is 0 Å². The predicted octanol–water partition coefficient (Wildman–Crippen LogP) is 2.12. The van der Waals surface area contributed by atoms with Crippen LogP contribution >= 0.6 is 11.8 Å². The topological polar surface area (TPSA) is 32.3 Å². The number of amides is 1. The average Bonchev–Trinajstić information content (AvgIpc) is 3.09. The number of carbonyl (C=O) groups excluding carboxylic acids is 1. The van der Waals surface area contributed by atoms with Crippen LogP contribution in [0.1, 0.15) is 39.5 Å². The Balaban J connectivity index is 1.59. The van der Waals surface area contributed by atoms with Crippen LogP contribution in [0.15, 0.2) is 0 Å². The van der Waals surface area contributed by atoms with Crippen LogP contribution in [0.3, 0.4) is 0 Å². The van der Waals surface area contributed by atoms with Crippen molar-refractivity contribution in [3.8, 4) is 0 Å². The standard InChI is InChI=1S/C15H26N2OS/c1-14(2)5-8-17(9-10-19-14)13(18)12-11-15(12)3-6-16-7-4-15/h12,16H,3-11H2,1-2H3. The first-order valence-electron chi connectivity index (χ1n) is 7.66. The van der Waals surface area contributed by atoms with E-state index in [4.69, 9.17) is 0 Å². The Morgan fingerprint density at radius 3 is 2.68 bits per heavy atom. The monoisotopic (exact) mass is 282 g/mol. The second-order valence-corrected chi connectivity index (χ2v) is 8.85. The first-order valence-corrected chi connectivity index (χ1v) is 8.65. The van der Waals surface area contributed by atoms with Gasteiger partial charge < -0.3 is 10.2 Å². The zero-order valence-corrected chi connectivity index (χ0v) is 13.0. The van der Waals surface area contributed by atoms with Crippen LogP contribution in [-0.2, 0) is 4.79 Å². The molecule has 0 bridgehead atoms. The lowest BCUT2D eigenvalue weighted by Crippen LogP contribution is -2.38. The van der Waals surface area contributed by atoms with Crippen molar-refractivity contribution in [1.82, 2.24) is 10.2 Å². The van der Waals surface area contributed by atoms with Crippen LogP contribution < -0.4 is 5.32 Å². The molecule has 1 unspecified atom stereocenters. The minimum atomic E-state index is 0.338. The molecule has 3 nitrogen and oxygen atoms in total. The van der Waals surface area contributed by atoms with Crippen molar-refractivity contribution in [1.29, 1.82) is 0 Å². The van der Waals surface area contributed by atoms with Gasteiger partial charge in [0.05, 0.1) is 0 Å². The van der Waals surface area contributed by atoms with Crippen molar-refractivity contribution in [2.24, 2.45) is 11.3 Å². The molecule has 1 saturated carbocycles. The molecule has 4 heteroatoms. The normalized spacial score (nSPS) is 32.9. The van der Waals surface area contributed by atoms with Crippen LogP contribution in [-0.4, -0.2) is 47.5 Å². The molecule has 1 spiro atoms. The lowest BCUT2D eigenvalue weighted by molar-refractivity contribution is -0.133. The number of rotatable bonds is 1. The Hall–Kier alpha value is -0.220. The summed E-state index contributed by atoms with van der Waals surface area (Å²) in [6, 6.07) is 0. The molecule has 2 saturated heterocycles. The van der Waals surface area contributed by atoms with Gasteiger partial charge in [0, 0.05) is 29.5 Å². The van der Waals surface area contributed by atoms with Crippen molar-refractivity contribution in [2.45, 2.75) is 44.3 Å². The Morgan fingerprint density at radius 1 is 1.21 bits per heavy atom. The molecule has 0 radical (unpaired) electrons. The number of nitrogens with zero attached hydrogens (tertiary/aromatic N) is 1. The van der Waals surface area contributed by atoms with Crippen LogP contribution in [0.2, 0.25) is 0 Å². The van der Waals surface area contributed by atoms with Gasteiger partial charge in [-0.25, -0.2) is 0 Å². The number of hydrogen-bond acceptors (Lipinski definition) is 3. The summed E-state index contributed by atoms with van der Waals surface area (Å²) < 4.78 is 0.338. The van der Waals surface area contributed by atoms with Gasteiger partial charge in [0.15, 0.2) is 0 Å². The number of piperidine rings is 1. The predicted molar refractivity (Wildman–Crippen MR) is 80.4 cm³/mol. The fourth-order valence-corrected chi connectivity index (χ4v) is 4.74. The molecule has 1 aliphatic carbocycles. The maximum Gasteiger partial charge on any atom is 0.226 e. The molecule has 1 N–H and O–H groups in total. The second-order valence-electron chi connectivity index (χ2n) is 7.05. The van der Waals surface area contributed by atoms with Gasteiger partial charge in [-0.2, -0.15) is 11.8 Å². The van der Waals surface area contributed by atoms with Crippen molar-refractivity contribution < 1.29 is 4.79 Å². The summed E-state index contributed by atoms with van der Waals surface area (Å²) in [7, 11) is 0. The molecule has 0 aromatic carbocycles. The van der Waals surface area contributed by atoms with E-state index in [9.17, 15) is 4.79 Å². The molecule has 0 aromatic rings. The van der Waals surface area contributed by atoms with Gasteiger partial charge in [0.25, 0.3) is 0 Å². The number of carbonyl (C=O) groups is 1. The summed E-state index contributed by atoms with van der Waals surface area (Å²) >= 11 is 2.02.